The maximum Gasteiger partial charge on any atom is 0.253 e. The lowest BCUT2D eigenvalue weighted by molar-refractivity contribution is 0.0504. The third-order valence-electron chi connectivity index (χ3n) is 7.19. The van der Waals surface area contributed by atoms with E-state index in [1.165, 1.54) is 0 Å². The maximum atomic E-state index is 13.0. The molecule has 0 saturated carbocycles. The monoisotopic (exact) mass is 480 g/mol. The number of benzene rings is 4. The lowest BCUT2D eigenvalue weighted by atomic mass is 10.0. The molecular weight excluding hydrogens is 448 g/mol. The molecule has 2 unspecified atom stereocenters. The van der Waals surface area contributed by atoms with Crippen LogP contribution in [0.15, 0.2) is 84.9 Å². The number of carbonyl (C=O) groups is 2. The zero-order valence-electron chi connectivity index (χ0n) is 20.8. The van der Waals surface area contributed by atoms with E-state index in [-0.39, 0.29) is 24.1 Å². The molecule has 1 fully saturated rings. The molecular formula is C30H32N4O2. The van der Waals surface area contributed by atoms with Crippen molar-refractivity contribution in [1.82, 2.24) is 20.4 Å². The van der Waals surface area contributed by atoms with Gasteiger partial charge in [0.05, 0.1) is 12.3 Å². The van der Waals surface area contributed by atoms with Gasteiger partial charge in [0, 0.05) is 37.3 Å². The smallest absolute Gasteiger partial charge is 0.253 e. The van der Waals surface area contributed by atoms with Gasteiger partial charge in [0.1, 0.15) is 0 Å². The predicted molar refractivity (Wildman–Crippen MR) is 145 cm³/mol. The van der Waals surface area contributed by atoms with Gasteiger partial charge >= 0.3 is 0 Å². The molecule has 6 nitrogen and oxygen atoms in total. The van der Waals surface area contributed by atoms with Crippen LogP contribution in [0.3, 0.4) is 0 Å². The quantitative estimate of drug-likeness (QED) is 0.428. The Hall–Kier alpha value is -3.74. The lowest BCUT2D eigenvalue weighted by Gasteiger charge is -2.40. The highest BCUT2D eigenvalue weighted by Gasteiger charge is 2.26. The molecule has 5 rings (SSSR count). The van der Waals surface area contributed by atoms with E-state index in [0.29, 0.717) is 11.1 Å². The summed E-state index contributed by atoms with van der Waals surface area (Å²) in [6.07, 6.45) is -0.168. The Bertz CT molecular complexity index is 1280. The molecule has 0 aliphatic carbocycles. The minimum atomic E-state index is -0.0841. The van der Waals surface area contributed by atoms with Gasteiger partial charge in [-0.2, -0.15) is 0 Å². The van der Waals surface area contributed by atoms with Crippen molar-refractivity contribution in [2.75, 3.05) is 26.2 Å². The molecule has 184 valence electrons. The Morgan fingerprint density at radius 3 is 1.36 bits per heavy atom. The van der Waals surface area contributed by atoms with E-state index >= 15 is 0 Å². The molecule has 2 atom stereocenters. The van der Waals surface area contributed by atoms with Crippen LogP contribution in [-0.4, -0.2) is 60.1 Å². The molecule has 2 N–H and O–H groups in total. The molecule has 36 heavy (non-hydrogen) atoms. The van der Waals surface area contributed by atoms with Crippen LogP contribution in [0.4, 0.5) is 0 Å². The van der Waals surface area contributed by atoms with Crippen LogP contribution in [0.2, 0.25) is 0 Å². The Kier molecular flexibility index (Phi) is 6.98. The molecule has 1 aliphatic rings. The topological polar surface area (TPSA) is 64.7 Å². The molecule has 4 aromatic rings. The minimum absolute atomic E-state index is 0.0579. The number of carbonyl (C=O) groups excluding carboxylic acids is 2. The number of nitrogens with one attached hydrogen (secondary N) is 2. The fourth-order valence-electron chi connectivity index (χ4n) is 5.08. The van der Waals surface area contributed by atoms with Gasteiger partial charge in [-0.3, -0.25) is 19.4 Å². The Morgan fingerprint density at radius 2 is 0.944 bits per heavy atom. The maximum absolute atomic E-state index is 13.0. The molecule has 0 radical (unpaired) electrons. The van der Waals surface area contributed by atoms with E-state index in [4.69, 9.17) is 0 Å². The number of hydrogen-bond donors (Lipinski definition) is 2. The molecule has 1 saturated heterocycles. The average molecular weight is 481 g/mol. The molecule has 0 aromatic heterocycles. The highest BCUT2D eigenvalue weighted by atomic mass is 16.2. The number of hydrogen-bond acceptors (Lipinski definition) is 4. The van der Waals surface area contributed by atoms with Crippen molar-refractivity contribution in [2.24, 2.45) is 0 Å². The van der Waals surface area contributed by atoms with E-state index in [2.05, 4.69) is 20.4 Å². The summed E-state index contributed by atoms with van der Waals surface area (Å²) >= 11 is 0. The van der Waals surface area contributed by atoms with Gasteiger partial charge in [-0.05, 0) is 47.5 Å². The van der Waals surface area contributed by atoms with E-state index < -0.39 is 0 Å². The SMILES string of the molecule is CC(NC(=O)c1cccc2ccccc12)N1CCN(C(C)NC(=O)c2cccc3ccccc23)CC1. The molecule has 6 heteroatoms. The third-order valence-corrected chi connectivity index (χ3v) is 7.19. The summed E-state index contributed by atoms with van der Waals surface area (Å²) in [5, 5.41) is 10.4. The van der Waals surface area contributed by atoms with Gasteiger partial charge in [0.2, 0.25) is 0 Å². The van der Waals surface area contributed by atoms with Gasteiger partial charge in [-0.1, -0.05) is 72.8 Å². The van der Waals surface area contributed by atoms with Gasteiger partial charge in [-0.15, -0.1) is 0 Å². The van der Waals surface area contributed by atoms with Crippen molar-refractivity contribution in [3.05, 3.63) is 96.1 Å². The summed E-state index contributed by atoms with van der Waals surface area (Å²) < 4.78 is 0. The Balaban J connectivity index is 1.16. The molecule has 2 amide bonds. The number of fused-ring (bicyclic) bond motifs is 2. The fraction of sp³-hybridized carbons (Fsp3) is 0.267. The highest BCUT2D eigenvalue weighted by molar-refractivity contribution is 6.07. The average Bonchev–Trinajstić information content (AvgIpc) is 2.92. The zero-order valence-corrected chi connectivity index (χ0v) is 20.8. The van der Waals surface area contributed by atoms with Gasteiger partial charge in [0.25, 0.3) is 11.8 Å². The number of nitrogens with zero attached hydrogens (tertiary/aromatic N) is 2. The highest BCUT2D eigenvalue weighted by Crippen LogP contribution is 2.20. The number of amides is 2. The summed E-state index contributed by atoms with van der Waals surface area (Å²) in [5.74, 6) is -0.116. The van der Waals surface area contributed by atoms with E-state index in [9.17, 15) is 9.59 Å². The second-order valence-corrected chi connectivity index (χ2v) is 9.42. The van der Waals surface area contributed by atoms with Crippen molar-refractivity contribution in [3.63, 3.8) is 0 Å². The summed E-state index contributed by atoms with van der Waals surface area (Å²) in [4.78, 5) is 30.6. The Morgan fingerprint density at radius 1 is 0.583 bits per heavy atom. The molecule has 0 bridgehead atoms. The second-order valence-electron chi connectivity index (χ2n) is 9.42. The molecule has 0 spiro atoms. The largest absolute Gasteiger partial charge is 0.337 e. The summed E-state index contributed by atoms with van der Waals surface area (Å²) in [5.41, 5.74) is 1.40. The summed E-state index contributed by atoms with van der Waals surface area (Å²) in [7, 11) is 0. The van der Waals surface area contributed by atoms with Crippen LogP contribution in [0.5, 0.6) is 0 Å². The van der Waals surface area contributed by atoms with Gasteiger partial charge in [-0.25, -0.2) is 0 Å². The van der Waals surface area contributed by atoms with Crippen LogP contribution in [0.1, 0.15) is 34.6 Å². The van der Waals surface area contributed by atoms with Gasteiger partial charge in [0.15, 0.2) is 0 Å². The fourth-order valence-corrected chi connectivity index (χ4v) is 5.08. The minimum Gasteiger partial charge on any atom is -0.337 e. The first-order valence-electron chi connectivity index (χ1n) is 12.6. The Labute approximate surface area is 211 Å². The van der Waals surface area contributed by atoms with Gasteiger partial charge < -0.3 is 10.6 Å². The van der Waals surface area contributed by atoms with Crippen LogP contribution in [-0.2, 0) is 0 Å². The first-order valence-corrected chi connectivity index (χ1v) is 12.6. The van der Waals surface area contributed by atoms with Crippen molar-refractivity contribution in [3.8, 4) is 0 Å². The summed E-state index contributed by atoms with van der Waals surface area (Å²) in [6, 6.07) is 27.6. The first kappa shape index (κ1) is 24.0. The van der Waals surface area contributed by atoms with Crippen molar-refractivity contribution in [2.45, 2.75) is 26.2 Å². The van der Waals surface area contributed by atoms with Crippen LogP contribution in [0.25, 0.3) is 21.5 Å². The number of piperazine rings is 1. The second kappa shape index (κ2) is 10.5. The molecule has 1 aliphatic heterocycles. The van der Waals surface area contributed by atoms with Crippen LogP contribution in [0, 0.1) is 0 Å². The molecule has 4 aromatic carbocycles. The predicted octanol–water partition coefficient (Wildman–Crippen LogP) is 4.46. The normalized spacial score (nSPS) is 16.5. The third kappa shape index (κ3) is 4.96. The van der Waals surface area contributed by atoms with Crippen LogP contribution >= 0.6 is 0 Å². The van der Waals surface area contributed by atoms with E-state index in [1.807, 2.05) is 98.8 Å². The van der Waals surface area contributed by atoms with Crippen molar-refractivity contribution in [1.29, 1.82) is 0 Å². The van der Waals surface area contributed by atoms with Crippen molar-refractivity contribution < 1.29 is 9.59 Å². The zero-order chi connectivity index (χ0) is 25.1. The van der Waals surface area contributed by atoms with E-state index in [1.54, 1.807) is 0 Å². The summed E-state index contributed by atoms with van der Waals surface area (Å²) in [6.45, 7) is 7.31. The van der Waals surface area contributed by atoms with Crippen LogP contribution < -0.4 is 10.6 Å². The lowest BCUT2D eigenvalue weighted by Crippen LogP contribution is -2.58. The van der Waals surface area contributed by atoms with E-state index in [0.717, 1.165) is 47.7 Å². The molecule has 1 heterocycles. The first-order chi connectivity index (χ1) is 17.5. The standard InChI is InChI=1S/C30H32N4O2/c1-21(31-29(35)27-15-7-11-23-9-3-5-13-25(23)27)33-17-19-34(20-18-33)22(2)32-30(36)28-16-8-12-24-10-4-6-14-26(24)28/h3-16,21-22H,17-20H2,1-2H3,(H,31,35)(H,32,36). The number of rotatable bonds is 6. The van der Waals surface area contributed by atoms with Crippen molar-refractivity contribution >= 4 is 33.4 Å².